The summed E-state index contributed by atoms with van der Waals surface area (Å²) in [6, 6.07) is 16.5. The van der Waals surface area contributed by atoms with Crippen LogP contribution in [0.25, 0.3) is 17.4 Å². The molecule has 8 nitrogen and oxygen atoms in total. The van der Waals surface area contributed by atoms with Crippen molar-refractivity contribution < 1.29 is 23.6 Å². The number of benzene rings is 2. The number of carbonyl (C=O) groups excluding carboxylic acids is 1. The van der Waals surface area contributed by atoms with E-state index in [0.29, 0.717) is 28.4 Å². The van der Waals surface area contributed by atoms with Crippen LogP contribution in [0.4, 0.5) is 5.69 Å². The van der Waals surface area contributed by atoms with Gasteiger partial charge in [0.25, 0.3) is 5.69 Å². The van der Waals surface area contributed by atoms with Gasteiger partial charge in [-0.25, -0.2) is 9.79 Å². The summed E-state index contributed by atoms with van der Waals surface area (Å²) < 4.78 is 16.2. The quantitative estimate of drug-likeness (QED) is 0.280. The molecule has 0 aliphatic carbocycles. The van der Waals surface area contributed by atoms with Crippen molar-refractivity contribution in [2.24, 2.45) is 4.99 Å². The summed E-state index contributed by atoms with van der Waals surface area (Å²) in [7, 11) is 1.52. The summed E-state index contributed by atoms with van der Waals surface area (Å²) in [6.07, 6.45) is 1.45. The Morgan fingerprint density at radius 3 is 2.72 bits per heavy atom. The van der Waals surface area contributed by atoms with Crippen molar-refractivity contribution in [3.8, 4) is 17.1 Å². The van der Waals surface area contributed by atoms with Gasteiger partial charge >= 0.3 is 5.97 Å². The number of hydrogen-bond donors (Lipinski definition) is 0. The van der Waals surface area contributed by atoms with E-state index < -0.39 is 10.9 Å². The van der Waals surface area contributed by atoms with E-state index in [1.165, 1.54) is 25.3 Å². The van der Waals surface area contributed by atoms with E-state index in [1.807, 2.05) is 0 Å². The number of nitro benzene ring substituents is 1. The lowest BCUT2D eigenvalue weighted by Crippen LogP contribution is -2.06. The van der Waals surface area contributed by atoms with Gasteiger partial charge in [0.2, 0.25) is 5.90 Å². The van der Waals surface area contributed by atoms with Crippen molar-refractivity contribution >= 4 is 23.6 Å². The van der Waals surface area contributed by atoms with Crippen LogP contribution in [0.2, 0.25) is 0 Å². The molecule has 29 heavy (non-hydrogen) atoms. The van der Waals surface area contributed by atoms with E-state index >= 15 is 0 Å². The number of ether oxygens (including phenoxy) is 2. The van der Waals surface area contributed by atoms with Crippen molar-refractivity contribution in [3.05, 3.63) is 87.8 Å². The van der Waals surface area contributed by atoms with Crippen molar-refractivity contribution in [3.63, 3.8) is 0 Å². The first kappa shape index (κ1) is 18.2. The molecule has 0 radical (unpaired) electrons. The predicted molar refractivity (Wildman–Crippen MR) is 104 cm³/mol. The lowest BCUT2D eigenvalue weighted by atomic mass is 10.1. The average Bonchev–Trinajstić information content (AvgIpc) is 3.35. The van der Waals surface area contributed by atoms with E-state index in [2.05, 4.69) is 4.99 Å². The maximum absolute atomic E-state index is 12.2. The van der Waals surface area contributed by atoms with Crippen LogP contribution in [0.3, 0.4) is 0 Å². The molecule has 4 rings (SSSR count). The van der Waals surface area contributed by atoms with E-state index in [0.717, 1.165) is 0 Å². The standard InChI is InChI=1S/C21H14N2O6/c1-27-19-8-3-2-7-16(19)20-22-17(21(24)29-20)12-15-9-10-18(28-15)13-5-4-6-14(11-13)23(25)26/h2-12H,1H3/b17-12-. The lowest BCUT2D eigenvalue weighted by Gasteiger charge is -2.05. The van der Waals surface area contributed by atoms with Crippen molar-refractivity contribution in [1.82, 2.24) is 0 Å². The second kappa shape index (κ2) is 7.43. The van der Waals surface area contributed by atoms with Gasteiger partial charge in [0.05, 0.1) is 17.6 Å². The zero-order valence-corrected chi connectivity index (χ0v) is 15.2. The molecule has 0 fully saturated rings. The van der Waals surface area contributed by atoms with Crippen LogP contribution in [0.15, 0.2) is 75.8 Å². The Balaban J connectivity index is 1.63. The highest BCUT2D eigenvalue weighted by atomic mass is 16.6. The summed E-state index contributed by atoms with van der Waals surface area (Å²) in [5.41, 5.74) is 1.15. The molecule has 0 spiro atoms. The number of aliphatic imine (C=N–C) groups is 1. The molecule has 1 aromatic heterocycles. The van der Waals surface area contributed by atoms with Crippen LogP contribution in [-0.4, -0.2) is 23.9 Å². The average molecular weight is 390 g/mol. The van der Waals surface area contributed by atoms with Crippen molar-refractivity contribution in [2.75, 3.05) is 7.11 Å². The minimum atomic E-state index is -0.612. The number of nitrogens with zero attached hydrogens (tertiary/aromatic N) is 2. The van der Waals surface area contributed by atoms with Crippen LogP contribution in [0.5, 0.6) is 5.75 Å². The third-order valence-corrected chi connectivity index (χ3v) is 4.21. The molecule has 0 unspecified atom stereocenters. The van der Waals surface area contributed by atoms with Crippen LogP contribution < -0.4 is 4.74 Å². The zero-order valence-electron chi connectivity index (χ0n) is 15.2. The molecule has 3 aromatic rings. The number of carbonyl (C=O) groups is 1. The first-order valence-corrected chi connectivity index (χ1v) is 8.56. The maximum Gasteiger partial charge on any atom is 0.363 e. The van der Waals surface area contributed by atoms with Crippen LogP contribution in [0.1, 0.15) is 11.3 Å². The lowest BCUT2D eigenvalue weighted by molar-refractivity contribution is -0.384. The molecular formula is C21H14N2O6. The Morgan fingerprint density at radius 2 is 1.93 bits per heavy atom. The SMILES string of the molecule is COc1ccccc1C1=N/C(=C\c2ccc(-c3cccc([N+](=O)[O-])c3)o2)C(=O)O1. The normalized spacial score (nSPS) is 14.6. The van der Waals surface area contributed by atoms with Crippen LogP contribution in [0, 0.1) is 10.1 Å². The minimum Gasteiger partial charge on any atom is -0.496 e. The monoisotopic (exact) mass is 390 g/mol. The number of nitro groups is 1. The van der Waals surface area contributed by atoms with E-state index in [-0.39, 0.29) is 17.3 Å². The van der Waals surface area contributed by atoms with E-state index in [9.17, 15) is 14.9 Å². The number of hydrogen-bond acceptors (Lipinski definition) is 7. The molecule has 1 aliphatic heterocycles. The molecule has 0 N–H and O–H groups in total. The summed E-state index contributed by atoms with van der Waals surface area (Å²) in [5.74, 6) is 0.860. The predicted octanol–water partition coefficient (Wildman–Crippen LogP) is 4.21. The molecule has 1 aliphatic rings. The smallest absolute Gasteiger partial charge is 0.363 e. The summed E-state index contributed by atoms with van der Waals surface area (Å²) in [4.78, 5) is 26.9. The fourth-order valence-corrected chi connectivity index (χ4v) is 2.84. The van der Waals surface area contributed by atoms with Gasteiger partial charge in [-0.05, 0) is 24.3 Å². The first-order valence-electron chi connectivity index (χ1n) is 8.56. The zero-order chi connectivity index (χ0) is 20.4. The van der Waals surface area contributed by atoms with Crippen LogP contribution >= 0.6 is 0 Å². The molecule has 0 atom stereocenters. The van der Waals surface area contributed by atoms with Gasteiger partial charge in [-0.15, -0.1) is 0 Å². The third-order valence-electron chi connectivity index (χ3n) is 4.21. The fraction of sp³-hybridized carbons (Fsp3) is 0.0476. The number of esters is 1. The summed E-state index contributed by atoms with van der Waals surface area (Å²) >= 11 is 0. The van der Waals surface area contributed by atoms with Crippen LogP contribution in [-0.2, 0) is 9.53 Å². The number of non-ortho nitro benzene ring substituents is 1. The largest absolute Gasteiger partial charge is 0.496 e. The molecule has 0 bridgehead atoms. The third kappa shape index (κ3) is 3.63. The second-order valence-electron chi connectivity index (χ2n) is 6.05. The molecule has 0 saturated carbocycles. The minimum absolute atomic E-state index is 0.0378. The van der Waals surface area contributed by atoms with Gasteiger partial charge in [-0.3, -0.25) is 10.1 Å². The second-order valence-corrected chi connectivity index (χ2v) is 6.05. The molecular weight excluding hydrogens is 376 g/mol. The Bertz CT molecular complexity index is 1180. The highest BCUT2D eigenvalue weighted by Gasteiger charge is 2.26. The van der Waals surface area contributed by atoms with Crippen molar-refractivity contribution in [1.29, 1.82) is 0 Å². The molecule has 2 aromatic carbocycles. The Hall–Kier alpha value is -4.20. The highest BCUT2D eigenvalue weighted by molar-refractivity contribution is 6.13. The van der Waals surface area contributed by atoms with Gasteiger partial charge in [-0.2, -0.15) is 0 Å². The topological polar surface area (TPSA) is 104 Å². The number of rotatable bonds is 5. The van der Waals surface area contributed by atoms with Crippen molar-refractivity contribution in [2.45, 2.75) is 0 Å². The first-order chi connectivity index (χ1) is 14.0. The van der Waals surface area contributed by atoms with E-state index in [1.54, 1.807) is 48.5 Å². The number of para-hydroxylation sites is 1. The summed E-state index contributed by atoms with van der Waals surface area (Å²) in [6.45, 7) is 0. The molecule has 0 saturated heterocycles. The summed E-state index contributed by atoms with van der Waals surface area (Å²) in [5, 5.41) is 10.9. The highest BCUT2D eigenvalue weighted by Crippen LogP contribution is 2.28. The maximum atomic E-state index is 12.2. The Kier molecular flexibility index (Phi) is 4.66. The molecule has 0 amide bonds. The van der Waals surface area contributed by atoms with Gasteiger partial charge in [0, 0.05) is 23.8 Å². The van der Waals surface area contributed by atoms with E-state index in [4.69, 9.17) is 13.9 Å². The van der Waals surface area contributed by atoms with Gasteiger partial charge < -0.3 is 13.9 Å². The Labute approximate surface area is 164 Å². The number of cyclic esters (lactones) is 1. The fourth-order valence-electron chi connectivity index (χ4n) is 2.84. The van der Waals surface area contributed by atoms with Gasteiger partial charge in [0.1, 0.15) is 17.3 Å². The molecule has 2 heterocycles. The number of methoxy groups -OCH3 is 1. The Morgan fingerprint density at radius 1 is 1.10 bits per heavy atom. The van der Waals surface area contributed by atoms with Gasteiger partial charge in [-0.1, -0.05) is 24.3 Å². The molecule has 144 valence electrons. The number of furan rings is 1. The van der Waals surface area contributed by atoms with Gasteiger partial charge in [0.15, 0.2) is 5.70 Å². The molecule has 8 heteroatoms.